The molecule has 1 amide bonds. The van der Waals surface area contributed by atoms with E-state index in [0.717, 1.165) is 31.9 Å². The van der Waals surface area contributed by atoms with E-state index in [2.05, 4.69) is 21.7 Å². The smallest absolute Gasteiger partial charge is 0.224 e. The van der Waals surface area contributed by atoms with Crippen molar-refractivity contribution in [3.8, 4) is 0 Å². The van der Waals surface area contributed by atoms with Gasteiger partial charge in [0.25, 0.3) is 0 Å². The van der Waals surface area contributed by atoms with E-state index >= 15 is 0 Å². The molecule has 0 spiro atoms. The molecule has 3 rings (SSSR count). The van der Waals surface area contributed by atoms with Crippen LogP contribution in [0.1, 0.15) is 16.5 Å². The number of morpholine rings is 1. The van der Waals surface area contributed by atoms with Crippen molar-refractivity contribution >= 4 is 40.4 Å². The third-order valence-electron chi connectivity index (χ3n) is 4.22. The molecule has 1 fully saturated rings. The zero-order valence-corrected chi connectivity index (χ0v) is 16.0. The minimum Gasteiger partial charge on any atom is -0.379 e. The predicted molar refractivity (Wildman–Crippen MR) is 103 cm³/mol. The van der Waals surface area contributed by atoms with E-state index in [4.69, 9.17) is 27.9 Å². The third-order valence-corrected chi connectivity index (χ3v) is 5.78. The number of halogens is 2. The molecule has 0 radical (unpaired) electrons. The minimum atomic E-state index is -0.0426. The Morgan fingerprint density at radius 3 is 2.76 bits per heavy atom. The number of hydrogen-bond donors (Lipinski definition) is 1. The summed E-state index contributed by atoms with van der Waals surface area (Å²) in [5.41, 5.74) is 0.780. The maximum atomic E-state index is 12.4. The number of rotatable bonds is 6. The Hall–Kier alpha value is -1.11. The van der Waals surface area contributed by atoms with E-state index in [0.29, 0.717) is 16.6 Å². The SMILES string of the molecule is O=C(Cc1ccc(Cl)cc1Cl)NC[C@H](c1cccs1)N1CCOCC1. The standard InChI is InChI=1S/C18H20Cl2N2O2S/c19-14-4-3-13(15(20)11-14)10-18(23)21-12-16(17-2-1-9-25-17)22-5-7-24-8-6-22/h1-4,9,11,16H,5-8,10,12H2,(H,21,23)/t16-/m1/s1. The second kappa shape index (κ2) is 9.01. The van der Waals surface area contributed by atoms with Crippen molar-refractivity contribution in [1.82, 2.24) is 10.2 Å². The van der Waals surface area contributed by atoms with Crippen molar-refractivity contribution in [3.05, 3.63) is 56.2 Å². The van der Waals surface area contributed by atoms with Gasteiger partial charge in [-0.2, -0.15) is 0 Å². The topological polar surface area (TPSA) is 41.6 Å². The fourth-order valence-corrected chi connectivity index (χ4v) is 4.23. The molecule has 7 heteroatoms. The van der Waals surface area contributed by atoms with Gasteiger partial charge in [0.2, 0.25) is 5.91 Å². The van der Waals surface area contributed by atoms with Crippen molar-refractivity contribution in [3.63, 3.8) is 0 Å². The summed E-state index contributed by atoms with van der Waals surface area (Å²) >= 11 is 13.8. The molecule has 0 aliphatic carbocycles. The van der Waals surface area contributed by atoms with E-state index in [1.54, 1.807) is 29.5 Å². The lowest BCUT2D eigenvalue weighted by Crippen LogP contribution is -2.43. The predicted octanol–water partition coefficient (Wildman–Crippen LogP) is 3.79. The average Bonchev–Trinajstić information content (AvgIpc) is 3.13. The quantitative estimate of drug-likeness (QED) is 0.804. The van der Waals surface area contributed by atoms with Crippen LogP contribution in [0.4, 0.5) is 0 Å². The molecular weight excluding hydrogens is 379 g/mol. The number of thiophene rings is 1. The molecule has 4 nitrogen and oxygen atoms in total. The van der Waals surface area contributed by atoms with Crippen LogP contribution >= 0.6 is 34.5 Å². The Kier molecular flexibility index (Phi) is 6.73. The largest absolute Gasteiger partial charge is 0.379 e. The van der Waals surface area contributed by atoms with Gasteiger partial charge in [-0.3, -0.25) is 9.69 Å². The fourth-order valence-electron chi connectivity index (χ4n) is 2.89. The van der Waals surface area contributed by atoms with Crippen LogP contribution in [0.25, 0.3) is 0 Å². The molecule has 0 bridgehead atoms. The van der Waals surface area contributed by atoms with Gasteiger partial charge in [-0.15, -0.1) is 11.3 Å². The first kappa shape index (κ1) is 18.7. The summed E-state index contributed by atoms with van der Waals surface area (Å²) in [6.45, 7) is 3.79. The van der Waals surface area contributed by atoms with Crippen molar-refractivity contribution in [2.45, 2.75) is 12.5 Å². The second-order valence-electron chi connectivity index (χ2n) is 5.90. The molecule has 1 aromatic heterocycles. The van der Waals surface area contributed by atoms with Gasteiger partial charge in [0, 0.05) is 34.6 Å². The first-order valence-corrected chi connectivity index (χ1v) is 9.83. The molecule has 2 heterocycles. The summed E-state index contributed by atoms with van der Waals surface area (Å²) in [5, 5.41) is 6.21. The maximum absolute atomic E-state index is 12.4. The van der Waals surface area contributed by atoms with Gasteiger partial charge in [0.15, 0.2) is 0 Å². The highest BCUT2D eigenvalue weighted by Gasteiger charge is 2.24. The Morgan fingerprint density at radius 1 is 1.28 bits per heavy atom. The van der Waals surface area contributed by atoms with Crippen LogP contribution in [-0.4, -0.2) is 43.7 Å². The zero-order chi connectivity index (χ0) is 17.6. The number of nitrogens with zero attached hydrogens (tertiary/aromatic N) is 1. The molecule has 1 atom stereocenters. The molecule has 25 heavy (non-hydrogen) atoms. The van der Waals surface area contributed by atoms with E-state index in [1.165, 1.54) is 4.88 Å². The highest BCUT2D eigenvalue weighted by atomic mass is 35.5. The Bertz CT molecular complexity index is 703. The van der Waals surface area contributed by atoms with Crippen molar-refractivity contribution < 1.29 is 9.53 Å². The van der Waals surface area contributed by atoms with Crippen molar-refractivity contribution in [1.29, 1.82) is 0 Å². The molecule has 2 aromatic rings. The summed E-state index contributed by atoms with van der Waals surface area (Å²) in [6.07, 6.45) is 0.246. The van der Waals surface area contributed by atoms with Crippen LogP contribution in [0.15, 0.2) is 35.7 Å². The number of carbonyl (C=O) groups excluding carboxylic acids is 1. The van der Waals surface area contributed by atoms with Gasteiger partial charge in [-0.05, 0) is 29.1 Å². The van der Waals surface area contributed by atoms with Crippen LogP contribution in [0, 0.1) is 0 Å². The fraction of sp³-hybridized carbons (Fsp3) is 0.389. The van der Waals surface area contributed by atoms with Gasteiger partial charge in [-0.25, -0.2) is 0 Å². The van der Waals surface area contributed by atoms with Crippen LogP contribution < -0.4 is 5.32 Å². The van der Waals surface area contributed by atoms with Crippen molar-refractivity contribution in [2.75, 3.05) is 32.8 Å². The maximum Gasteiger partial charge on any atom is 0.224 e. The van der Waals surface area contributed by atoms with E-state index in [9.17, 15) is 4.79 Å². The van der Waals surface area contributed by atoms with Crippen LogP contribution in [0.3, 0.4) is 0 Å². The molecule has 134 valence electrons. The van der Waals surface area contributed by atoms with E-state index < -0.39 is 0 Å². The molecule has 0 saturated carbocycles. The number of ether oxygens (including phenoxy) is 1. The van der Waals surface area contributed by atoms with Gasteiger partial charge in [0.05, 0.1) is 25.7 Å². The summed E-state index contributed by atoms with van der Waals surface area (Å²) < 4.78 is 5.44. The minimum absolute atomic E-state index is 0.0426. The van der Waals surface area contributed by atoms with E-state index in [-0.39, 0.29) is 18.4 Å². The van der Waals surface area contributed by atoms with E-state index in [1.807, 2.05) is 6.07 Å². The first-order chi connectivity index (χ1) is 12.1. The lowest BCUT2D eigenvalue weighted by atomic mass is 10.1. The number of amides is 1. The lowest BCUT2D eigenvalue weighted by molar-refractivity contribution is -0.120. The monoisotopic (exact) mass is 398 g/mol. The second-order valence-corrected chi connectivity index (χ2v) is 7.72. The summed E-state index contributed by atoms with van der Waals surface area (Å²) in [6, 6.07) is 9.54. The molecule has 1 saturated heterocycles. The molecule has 1 aromatic carbocycles. The molecular formula is C18H20Cl2N2O2S. The number of carbonyl (C=O) groups is 1. The summed E-state index contributed by atoms with van der Waals surface area (Å²) in [4.78, 5) is 16.0. The summed E-state index contributed by atoms with van der Waals surface area (Å²) in [5.74, 6) is -0.0426. The van der Waals surface area contributed by atoms with Crippen LogP contribution in [0.5, 0.6) is 0 Å². The number of hydrogen-bond acceptors (Lipinski definition) is 4. The normalized spacial score (nSPS) is 16.6. The van der Waals surface area contributed by atoms with Crippen molar-refractivity contribution in [2.24, 2.45) is 0 Å². The number of nitrogens with one attached hydrogen (secondary N) is 1. The average molecular weight is 399 g/mol. The molecule has 1 aliphatic rings. The Labute approximate surface area is 161 Å². The Morgan fingerprint density at radius 2 is 2.08 bits per heavy atom. The zero-order valence-electron chi connectivity index (χ0n) is 13.7. The van der Waals surface area contributed by atoms with Gasteiger partial charge in [-0.1, -0.05) is 35.3 Å². The number of benzene rings is 1. The third kappa shape index (κ3) is 5.19. The van der Waals surface area contributed by atoms with Crippen LogP contribution in [-0.2, 0) is 16.0 Å². The molecule has 1 N–H and O–H groups in total. The van der Waals surface area contributed by atoms with Gasteiger partial charge < -0.3 is 10.1 Å². The van der Waals surface area contributed by atoms with Gasteiger partial charge in [0.1, 0.15) is 0 Å². The molecule has 0 unspecified atom stereocenters. The highest BCUT2D eigenvalue weighted by Crippen LogP contribution is 2.26. The van der Waals surface area contributed by atoms with Crippen LogP contribution in [0.2, 0.25) is 10.0 Å². The highest BCUT2D eigenvalue weighted by molar-refractivity contribution is 7.10. The molecule has 1 aliphatic heterocycles. The first-order valence-electron chi connectivity index (χ1n) is 8.19. The van der Waals surface area contributed by atoms with Gasteiger partial charge >= 0.3 is 0 Å². The Balaban J connectivity index is 1.61. The lowest BCUT2D eigenvalue weighted by Gasteiger charge is -2.34. The summed E-state index contributed by atoms with van der Waals surface area (Å²) in [7, 11) is 0.